The van der Waals surface area contributed by atoms with Crippen molar-refractivity contribution in [3.63, 3.8) is 0 Å². The highest BCUT2D eigenvalue weighted by atomic mass is 16.2. The van der Waals surface area contributed by atoms with Crippen LogP contribution < -0.4 is 5.73 Å². The molecule has 2 N–H and O–H groups in total. The van der Waals surface area contributed by atoms with Crippen LogP contribution >= 0.6 is 0 Å². The van der Waals surface area contributed by atoms with Crippen molar-refractivity contribution in [1.29, 1.82) is 0 Å². The van der Waals surface area contributed by atoms with E-state index in [0.717, 1.165) is 19.3 Å². The average molecular weight is 227 g/mol. The van der Waals surface area contributed by atoms with E-state index in [1.165, 1.54) is 0 Å². The Bertz CT molecular complexity index is 256. The second kappa shape index (κ2) is 6.48. The first-order chi connectivity index (χ1) is 7.69. The van der Waals surface area contributed by atoms with Crippen LogP contribution in [0.2, 0.25) is 0 Å². The Morgan fingerprint density at radius 2 is 1.62 bits per heavy atom. The smallest absolute Gasteiger partial charge is 0.242 e. The molecule has 0 saturated carbocycles. The molecule has 1 aliphatic rings. The number of hydrogen-bond donors (Lipinski definition) is 1. The number of amides is 2. The minimum atomic E-state index is 0.0603. The van der Waals surface area contributed by atoms with Crippen LogP contribution in [0.3, 0.4) is 0 Å². The van der Waals surface area contributed by atoms with E-state index in [2.05, 4.69) is 0 Å². The Balaban J connectivity index is 2.40. The van der Waals surface area contributed by atoms with Crippen molar-refractivity contribution < 1.29 is 9.59 Å². The molecule has 1 aliphatic heterocycles. The maximum absolute atomic E-state index is 11.7. The largest absolute Gasteiger partial charge is 0.332 e. The summed E-state index contributed by atoms with van der Waals surface area (Å²) >= 11 is 0. The summed E-state index contributed by atoms with van der Waals surface area (Å²) in [4.78, 5) is 26.7. The van der Waals surface area contributed by atoms with Crippen LogP contribution in [0.25, 0.3) is 0 Å². The topological polar surface area (TPSA) is 66.6 Å². The molecule has 1 rings (SSSR count). The molecule has 1 saturated heterocycles. The van der Waals surface area contributed by atoms with Crippen molar-refractivity contribution in [1.82, 2.24) is 9.80 Å². The van der Waals surface area contributed by atoms with Crippen LogP contribution in [-0.4, -0.2) is 54.3 Å². The van der Waals surface area contributed by atoms with Gasteiger partial charge in [0.1, 0.15) is 0 Å². The number of carbonyl (C=O) groups is 2. The van der Waals surface area contributed by atoms with Crippen LogP contribution in [-0.2, 0) is 9.59 Å². The summed E-state index contributed by atoms with van der Waals surface area (Å²) in [5.74, 6) is 0.124. The van der Waals surface area contributed by atoms with E-state index in [0.29, 0.717) is 19.6 Å². The molecule has 0 aromatic heterocycles. The quantitative estimate of drug-likeness (QED) is 0.639. The maximum atomic E-state index is 11.7. The third-order valence-electron chi connectivity index (χ3n) is 2.73. The highest BCUT2D eigenvalue weighted by Crippen LogP contribution is 2.06. The molecule has 0 radical (unpaired) electrons. The molecule has 92 valence electrons. The van der Waals surface area contributed by atoms with E-state index >= 15 is 0 Å². The molecule has 0 atom stereocenters. The maximum Gasteiger partial charge on any atom is 0.242 e. The van der Waals surface area contributed by atoms with Crippen LogP contribution in [0, 0.1) is 0 Å². The minimum Gasteiger partial charge on any atom is -0.332 e. The second-order valence-corrected chi connectivity index (χ2v) is 4.13. The van der Waals surface area contributed by atoms with Crippen molar-refractivity contribution in [3.8, 4) is 0 Å². The molecule has 5 nitrogen and oxygen atoms in total. The molecule has 0 aliphatic carbocycles. The van der Waals surface area contributed by atoms with Crippen molar-refractivity contribution in [2.45, 2.75) is 26.2 Å². The molecule has 0 aromatic carbocycles. The Hall–Kier alpha value is -1.10. The van der Waals surface area contributed by atoms with Gasteiger partial charge in [0.25, 0.3) is 0 Å². The monoisotopic (exact) mass is 227 g/mol. The number of hydrogen-bond acceptors (Lipinski definition) is 3. The first-order valence-electron chi connectivity index (χ1n) is 5.94. The third-order valence-corrected chi connectivity index (χ3v) is 2.73. The van der Waals surface area contributed by atoms with Crippen LogP contribution in [0.15, 0.2) is 0 Å². The van der Waals surface area contributed by atoms with Crippen molar-refractivity contribution in [2.24, 2.45) is 5.73 Å². The van der Waals surface area contributed by atoms with Crippen LogP contribution in [0.1, 0.15) is 26.2 Å². The lowest BCUT2D eigenvalue weighted by Gasteiger charge is -2.33. The number of rotatable bonds is 6. The van der Waals surface area contributed by atoms with E-state index in [1.807, 2.05) is 6.92 Å². The molecule has 0 aromatic rings. The second-order valence-electron chi connectivity index (χ2n) is 4.13. The summed E-state index contributed by atoms with van der Waals surface area (Å²) in [6.45, 7) is 4.46. The fourth-order valence-corrected chi connectivity index (χ4v) is 1.83. The summed E-state index contributed by atoms with van der Waals surface area (Å²) in [5, 5.41) is 0. The lowest BCUT2D eigenvalue weighted by molar-refractivity contribution is -0.150. The number of unbranched alkanes of at least 4 members (excludes halogenated alkanes) is 1. The molecule has 0 unspecified atom stereocenters. The number of nitrogens with two attached hydrogens (primary N) is 1. The molecular weight excluding hydrogens is 206 g/mol. The molecule has 0 bridgehead atoms. The molecular formula is C11H21N3O2. The van der Waals surface area contributed by atoms with Crippen LogP contribution in [0.4, 0.5) is 0 Å². The van der Waals surface area contributed by atoms with Gasteiger partial charge in [-0.3, -0.25) is 9.59 Å². The van der Waals surface area contributed by atoms with Crippen molar-refractivity contribution in [2.75, 3.05) is 32.7 Å². The summed E-state index contributed by atoms with van der Waals surface area (Å²) in [6, 6.07) is 0. The fraction of sp³-hybridized carbons (Fsp3) is 0.818. The van der Waals surface area contributed by atoms with E-state index in [4.69, 9.17) is 5.73 Å². The predicted molar refractivity (Wildman–Crippen MR) is 61.7 cm³/mol. The van der Waals surface area contributed by atoms with Gasteiger partial charge in [-0.2, -0.15) is 0 Å². The van der Waals surface area contributed by atoms with E-state index in [1.54, 1.807) is 9.80 Å². The SMILES string of the molecule is CCCN1CC(=O)N(CCCCN)CC1=O. The predicted octanol–water partition coefficient (Wildman–Crippen LogP) is -0.194. The molecule has 5 heteroatoms. The van der Waals surface area contributed by atoms with Crippen LogP contribution in [0.5, 0.6) is 0 Å². The zero-order valence-corrected chi connectivity index (χ0v) is 9.95. The van der Waals surface area contributed by atoms with Gasteiger partial charge in [-0.1, -0.05) is 6.92 Å². The summed E-state index contributed by atoms with van der Waals surface area (Å²) in [6.07, 6.45) is 2.67. The van der Waals surface area contributed by atoms with Crippen molar-refractivity contribution in [3.05, 3.63) is 0 Å². The van der Waals surface area contributed by atoms with E-state index < -0.39 is 0 Å². The molecule has 0 spiro atoms. The van der Waals surface area contributed by atoms with Gasteiger partial charge in [-0.15, -0.1) is 0 Å². The summed E-state index contributed by atoms with van der Waals surface area (Å²) in [7, 11) is 0. The Morgan fingerprint density at radius 3 is 2.12 bits per heavy atom. The standard InChI is InChI=1S/C11H21N3O2/c1-2-6-13-8-11(16)14(9-10(13)15)7-4-3-5-12/h2-9,12H2,1H3. The molecule has 16 heavy (non-hydrogen) atoms. The highest BCUT2D eigenvalue weighted by molar-refractivity contribution is 5.92. The van der Waals surface area contributed by atoms with Gasteiger partial charge in [0.2, 0.25) is 11.8 Å². The molecule has 1 fully saturated rings. The highest BCUT2D eigenvalue weighted by Gasteiger charge is 2.28. The van der Waals surface area contributed by atoms with E-state index in [-0.39, 0.29) is 24.9 Å². The lowest BCUT2D eigenvalue weighted by atomic mass is 10.2. The van der Waals surface area contributed by atoms with Gasteiger partial charge in [0.05, 0.1) is 13.1 Å². The first kappa shape index (κ1) is 13.0. The lowest BCUT2D eigenvalue weighted by Crippen LogP contribution is -2.54. The minimum absolute atomic E-state index is 0.0603. The van der Waals surface area contributed by atoms with Gasteiger partial charge in [0, 0.05) is 13.1 Å². The zero-order chi connectivity index (χ0) is 12.0. The Labute approximate surface area is 96.6 Å². The first-order valence-corrected chi connectivity index (χ1v) is 5.94. The summed E-state index contributed by atoms with van der Waals surface area (Å²) in [5.41, 5.74) is 5.39. The number of piperazine rings is 1. The fourth-order valence-electron chi connectivity index (χ4n) is 1.83. The zero-order valence-electron chi connectivity index (χ0n) is 9.95. The third kappa shape index (κ3) is 3.48. The number of nitrogens with zero attached hydrogens (tertiary/aromatic N) is 2. The van der Waals surface area contributed by atoms with Gasteiger partial charge in [0.15, 0.2) is 0 Å². The normalized spacial score (nSPS) is 17.1. The van der Waals surface area contributed by atoms with E-state index in [9.17, 15) is 9.59 Å². The summed E-state index contributed by atoms with van der Waals surface area (Å²) < 4.78 is 0. The van der Waals surface area contributed by atoms with Gasteiger partial charge < -0.3 is 15.5 Å². The average Bonchev–Trinajstić information content (AvgIpc) is 2.25. The van der Waals surface area contributed by atoms with Gasteiger partial charge in [-0.25, -0.2) is 0 Å². The van der Waals surface area contributed by atoms with Crippen molar-refractivity contribution >= 4 is 11.8 Å². The van der Waals surface area contributed by atoms with Gasteiger partial charge >= 0.3 is 0 Å². The Morgan fingerprint density at radius 1 is 1.06 bits per heavy atom. The molecule has 2 amide bonds. The van der Waals surface area contributed by atoms with Gasteiger partial charge in [-0.05, 0) is 25.8 Å². The molecule has 1 heterocycles. The number of carbonyl (C=O) groups excluding carboxylic acids is 2. The Kier molecular flexibility index (Phi) is 5.25.